The zero-order chi connectivity index (χ0) is 8.85. The molecule has 0 saturated carbocycles. The summed E-state index contributed by atoms with van der Waals surface area (Å²) in [5.74, 6) is 0.233. The summed E-state index contributed by atoms with van der Waals surface area (Å²) in [7, 11) is 0. The standard InChI is InChI=1S/C7H13NO3/c1-3-6(2)4-8(5-9)7(10)11/h5-6H,3-4H2,1-2H3,(H,10,11). The van der Waals surface area contributed by atoms with Gasteiger partial charge in [-0.1, -0.05) is 20.3 Å². The van der Waals surface area contributed by atoms with Gasteiger partial charge in [0.1, 0.15) is 0 Å². The molecule has 2 amide bonds. The van der Waals surface area contributed by atoms with Crippen molar-refractivity contribution in [1.29, 1.82) is 0 Å². The van der Waals surface area contributed by atoms with E-state index in [2.05, 4.69) is 0 Å². The highest BCUT2D eigenvalue weighted by Gasteiger charge is 2.12. The van der Waals surface area contributed by atoms with E-state index in [1.165, 1.54) is 0 Å². The van der Waals surface area contributed by atoms with Crippen molar-refractivity contribution in [1.82, 2.24) is 4.90 Å². The average Bonchev–Trinajstić information content (AvgIpc) is 1.99. The summed E-state index contributed by atoms with van der Waals surface area (Å²) in [6.45, 7) is 4.14. The molecular formula is C7H13NO3. The number of nitrogens with zero attached hydrogens (tertiary/aromatic N) is 1. The molecule has 0 heterocycles. The van der Waals surface area contributed by atoms with Gasteiger partial charge in [0, 0.05) is 6.54 Å². The maximum atomic E-state index is 10.3. The highest BCUT2D eigenvalue weighted by atomic mass is 16.4. The topological polar surface area (TPSA) is 57.6 Å². The van der Waals surface area contributed by atoms with Crippen molar-refractivity contribution in [2.24, 2.45) is 5.92 Å². The lowest BCUT2D eigenvalue weighted by Crippen LogP contribution is -2.31. The van der Waals surface area contributed by atoms with Gasteiger partial charge in [-0.15, -0.1) is 0 Å². The van der Waals surface area contributed by atoms with Crippen molar-refractivity contribution in [3.8, 4) is 0 Å². The van der Waals surface area contributed by atoms with Crippen LogP contribution in [0.1, 0.15) is 20.3 Å². The van der Waals surface area contributed by atoms with Gasteiger partial charge in [0.2, 0.25) is 6.41 Å². The van der Waals surface area contributed by atoms with E-state index in [9.17, 15) is 9.59 Å². The van der Waals surface area contributed by atoms with Gasteiger partial charge in [-0.2, -0.15) is 0 Å². The summed E-state index contributed by atoms with van der Waals surface area (Å²) >= 11 is 0. The minimum atomic E-state index is -1.18. The fourth-order valence-electron chi connectivity index (χ4n) is 0.631. The number of hydrogen-bond acceptors (Lipinski definition) is 2. The van der Waals surface area contributed by atoms with Gasteiger partial charge in [0.25, 0.3) is 0 Å². The van der Waals surface area contributed by atoms with E-state index in [1.54, 1.807) is 0 Å². The first-order valence-corrected chi connectivity index (χ1v) is 3.56. The monoisotopic (exact) mass is 159 g/mol. The summed E-state index contributed by atoms with van der Waals surface area (Å²) in [6, 6.07) is 0. The van der Waals surface area contributed by atoms with Crippen LogP contribution in [0.2, 0.25) is 0 Å². The van der Waals surface area contributed by atoms with Gasteiger partial charge in [-0.25, -0.2) is 9.69 Å². The second-order valence-corrected chi connectivity index (χ2v) is 2.55. The first kappa shape index (κ1) is 9.94. The Bertz CT molecular complexity index is 147. The molecule has 64 valence electrons. The molecule has 0 aromatic heterocycles. The van der Waals surface area contributed by atoms with Gasteiger partial charge >= 0.3 is 6.09 Å². The van der Waals surface area contributed by atoms with Crippen molar-refractivity contribution in [2.75, 3.05) is 6.54 Å². The first-order valence-electron chi connectivity index (χ1n) is 3.56. The maximum absolute atomic E-state index is 10.3. The number of rotatable bonds is 4. The van der Waals surface area contributed by atoms with Gasteiger partial charge in [-0.3, -0.25) is 4.79 Å². The molecule has 4 heteroatoms. The van der Waals surface area contributed by atoms with Crippen LogP contribution in [0.15, 0.2) is 0 Å². The maximum Gasteiger partial charge on any atom is 0.413 e. The molecule has 1 unspecified atom stereocenters. The van der Waals surface area contributed by atoms with E-state index in [-0.39, 0.29) is 12.5 Å². The van der Waals surface area contributed by atoms with Gasteiger partial charge in [0.05, 0.1) is 0 Å². The smallest absolute Gasteiger partial charge is 0.413 e. The number of carbonyl (C=O) groups is 2. The largest absolute Gasteiger partial charge is 0.465 e. The zero-order valence-corrected chi connectivity index (χ0v) is 6.78. The quantitative estimate of drug-likeness (QED) is 0.626. The van der Waals surface area contributed by atoms with Crippen molar-refractivity contribution < 1.29 is 14.7 Å². The summed E-state index contributed by atoms with van der Waals surface area (Å²) in [4.78, 5) is 21.2. The molecule has 0 saturated heterocycles. The van der Waals surface area contributed by atoms with E-state index >= 15 is 0 Å². The second kappa shape index (κ2) is 4.71. The Hall–Kier alpha value is -1.06. The van der Waals surface area contributed by atoms with Crippen LogP contribution < -0.4 is 0 Å². The number of carboxylic acid groups (broad SMARTS) is 1. The molecule has 0 aliphatic carbocycles. The lowest BCUT2D eigenvalue weighted by Gasteiger charge is -2.15. The van der Waals surface area contributed by atoms with E-state index in [1.807, 2.05) is 13.8 Å². The van der Waals surface area contributed by atoms with Crippen molar-refractivity contribution in [2.45, 2.75) is 20.3 Å². The first-order chi connectivity index (χ1) is 5.11. The molecule has 0 rings (SSSR count). The fraction of sp³-hybridized carbons (Fsp3) is 0.714. The number of imide groups is 1. The lowest BCUT2D eigenvalue weighted by molar-refractivity contribution is -0.116. The lowest BCUT2D eigenvalue weighted by atomic mass is 10.1. The minimum absolute atomic E-state index is 0.233. The van der Waals surface area contributed by atoms with E-state index in [0.29, 0.717) is 6.41 Å². The van der Waals surface area contributed by atoms with Crippen molar-refractivity contribution in [3.63, 3.8) is 0 Å². The summed E-state index contributed by atoms with van der Waals surface area (Å²) in [5.41, 5.74) is 0. The second-order valence-electron chi connectivity index (χ2n) is 2.55. The molecule has 0 fully saturated rings. The molecule has 0 bridgehead atoms. The molecule has 4 nitrogen and oxygen atoms in total. The molecule has 0 aromatic rings. The Morgan fingerprint density at radius 3 is 2.55 bits per heavy atom. The Kier molecular flexibility index (Phi) is 4.26. The highest BCUT2D eigenvalue weighted by Crippen LogP contribution is 2.02. The molecule has 0 radical (unpaired) electrons. The minimum Gasteiger partial charge on any atom is -0.465 e. The Morgan fingerprint density at radius 2 is 2.27 bits per heavy atom. The van der Waals surface area contributed by atoms with Gasteiger partial charge < -0.3 is 5.11 Å². The van der Waals surface area contributed by atoms with Gasteiger partial charge in [0.15, 0.2) is 0 Å². The normalized spacial score (nSPS) is 12.2. The highest BCUT2D eigenvalue weighted by molar-refractivity contribution is 5.78. The molecule has 11 heavy (non-hydrogen) atoms. The van der Waals surface area contributed by atoms with Crippen LogP contribution in [0.3, 0.4) is 0 Å². The summed E-state index contributed by atoms with van der Waals surface area (Å²) in [6.07, 6.45) is 0.0341. The number of carbonyl (C=O) groups excluding carboxylic acids is 1. The number of amides is 2. The summed E-state index contributed by atoms with van der Waals surface area (Å²) in [5, 5.41) is 8.41. The van der Waals surface area contributed by atoms with E-state index in [4.69, 9.17) is 5.11 Å². The van der Waals surface area contributed by atoms with Crippen LogP contribution in [0.4, 0.5) is 4.79 Å². The molecule has 0 aromatic carbocycles. The van der Waals surface area contributed by atoms with Crippen LogP contribution in [0.25, 0.3) is 0 Å². The molecule has 1 N–H and O–H groups in total. The Morgan fingerprint density at radius 1 is 1.73 bits per heavy atom. The van der Waals surface area contributed by atoms with Crippen molar-refractivity contribution in [3.05, 3.63) is 0 Å². The third-order valence-corrected chi connectivity index (χ3v) is 1.58. The average molecular weight is 159 g/mol. The predicted octanol–water partition coefficient (Wildman–Crippen LogP) is 1.17. The molecule has 0 aliphatic heterocycles. The van der Waals surface area contributed by atoms with Crippen LogP contribution in [0.5, 0.6) is 0 Å². The molecule has 0 aliphatic rings. The van der Waals surface area contributed by atoms with Crippen LogP contribution in [-0.2, 0) is 4.79 Å². The SMILES string of the molecule is CCC(C)CN(C=O)C(=O)O. The third kappa shape index (κ3) is 3.60. The van der Waals surface area contributed by atoms with Crippen LogP contribution in [0, 0.1) is 5.92 Å². The predicted molar refractivity (Wildman–Crippen MR) is 40.2 cm³/mol. The van der Waals surface area contributed by atoms with E-state index < -0.39 is 6.09 Å². The van der Waals surface area contributed by atoms with E-state index in [0.717, 1.165) is 11.3 Å². The zero-order valence-electron chi connectivity index (χ0n) is 6.78. The molecule has 1 atom stereocenters. The van der Waals surface area contributed by atoms with Crippen LogP contribution in [-0.4, -0.2) is 29.1 Å². The number of hydrogen-bond donors (Lipinski definition) is 1. The Labute approximate surface area is 65.8 Å². The Balaban J connectivity index is 3.87. The fourth-order valence-corrected chi connectivity index (χ4v) is 0.631. The van der Waals surface area contributed by atoms with Crippen molar-refractivity contribution >= 4 is 12.5 Å². The molecule has 0 spiro atoms. The van der Waals surface area contributed by atoms with Crippen LogP contribution >= 0.6 is 0 Å². The third-order valence-electron chi connectivity index (χ3n) is 1.58. The molecular weight excluding hydrogens is 146 g/mol. The van der Waals surface area contributed by atoms with Gasteiger partial charge in [-0.05, 0) is 5.92 Å². The summed E-state index contributed by atoms with van der Waals surface area (Å²) < 4.78 is 0.